The fourth-order valence-electron chi connectivity index (χ4n) is 1.24. The fraction of sp³-hybridized carbons (Fsp3) is 0.400. The van der Waals surface area contributed by atoms with Crippen molar-refractivity contribution in [2.75, 3.05) is 7.11 Å². The lowest BCUT2D eigenvalue weighted by molar-refractivity contribution is 0.149. The van der Waals surface area contributed by atoms with Gasteiger partial charge in [0.25, 0.3) is 0 Å². The lowest BCUT2D eigenvalue weighted by Crippen LogP contribution is -2.24. The summed E-state index contributed by atoms with van der Waals surface area (Å²) in [6.45, 7) is 1.64. The molecule has 0 aliphatic rings. The van der Waals surface area contributed by atoms with Crippen molar-refractivity contribution in [3.63, 3.8) is 0 Å². The van der Waals surface area contributed by atoms with E-state index >= 15 is 0 Å². The summed E-state index contributed by atoms with van der Waals surface area (Å²) in [5, 5.41) is 19.6. The van der Waals surface area contributed by atoms with Crippen LogP contribution in [0.25, 0.3) is 0 Å². The van der Waals surface area contributed by atoms with Crippen LogP contribution in [-0.2, 0) is 0 Å². The minimum atomic E-state index is -0.948. The van der Waals surface area contributed by atoms with E-state index in [9.17, 15) is 10.2 Å². The lowest BCUT2D eigenvalue weighted by atomic mass is 10.0. The number of hydrogen-bond acceptors (Lipinski definition) is 4. The van der Waals surface area contributed by atoms with Crippen molar-refractivity contribution in [2.45, 2.75) is 19.1 Å². The van der Waals surface area contributed by atoms with Gasteiger partial charge in [-0.2, -0.15) is 0 Å². The van der Waals surface area contributed by atoms with Gasteiger partial charge in [0.15, 0.2) is 0 Å². The van der Waals surface area contributed by atoms with Gasteiger partial charge in [-0.15, -0.1) is 0 Å². The van der Waals surface area contributed by atoms with E-state index in [1.54, 1.807) is 6.92 Å². The number of aliphatic hydroxyl groups excluding tert-OH is 1. The van der Waals surface area contributed by atoms with Crippen LogP contribution in [0.3, 0.4) is 0 Å². The number of rotatable bonds is 3. The summed E-state index contributed by atoms with van der Waals surface area (Å²) in [5.74, 6) is 0.301. The Labute approximate surface area is 93.2 Å². The summed E-state index contributed by atoms with van der Waals surface area (Å²) >= 11 is 5.79. The quantitative estimate of drug-likeness (QED) is 0.736. The average Bonchev–Trinajstić information content (AvgIpc) is 2.17. The average molecular weight is 232 g/mol. The molecule has 0 fully saturated rings. The maximum Gasteiger partial charge on any atom is 0.138 e. The summed E-state index contributed by atoms with van der Waals surface area (Å²) < 4.78 is 4.98. The number of benzene rings is 1. The summed E-state index contributed by atoms with van der Waals surface area (Å²) in [4.78, 5) is 0. The highest BCUT2D eigenvalue weighted by Crippen LogP contribution is 2.35. The smallest absolute Gasteiger partial charge is 0.138 e. The minimum Gasteiger partial charge on any atom is -0.508 e. The number of methoxy groups -OCH3 is 1. The van der Waals surface area contributed by atoms with Crippen molar-refractivity contribution >= 4 is 11.6 Å². The van der Waals surface area contributed by atoms with Gasteiger partial charge in [-0.25, -0.2) is 0 Å². The summed E-state index contributed by atoms with van der Waals surface area (Å²) in [5.41, 5.74) is 5.84. The molecule has 84 valence electrons. The predicted octanol–water partition coefficient (Wildman–Crippen LogP) is 1.43. The van der Waals surface area contributed by atoms with E-state index in [4.69, 9.17) is 22.1 Å². The fourth-order valence-corrected chi connectivity index (χ4v) is 1.47. The Morgan fingerprint density at radius 1 is 1.47 bits per heavy atom. The van der Waals surface area contributed by atoms with Crippen molar-refractivity contribution in [1.82, 2.24) is 0 Å². The molecule has 0 saturated heterocycles. The number of aromatic hydroxyl groups is 1. The van der Waals surface area contributed by atoms with Crippen LogP contribution in [0.15, 0.2) is 12.1 Å². The van der Waals surface area contributed by atoms with Crippen molar-refractivity contribution in [2.24, 2.45) is 5.73 Å². The second-order valence-corrected chi connectivity index (χ2v) is 3.76. The summed E-state index contributed by atoms with van der Waals surface area (Å²) in [6.07, 6.45) is -0.948. The minimum absolute atomic E-state index is 0.0920. The van der Waals surface area contributed by atoms with E-state index in [0.29, 0.717) is 11.3 Å². The van der Waals surface area contributed by atoms with E-state index in [1.165, 1.54) is 19.2 Å². The van der Waals surface area contributed by atoms with Gasteiger partial charge in [-0.3, -0.25) is 0 Å². The molecular formula is C10H14ClNO3. The number of aliphatic hydroxyl groups is 1. The Bertz CT molecular complexity index is 355. The molecule has 4 nitrogen and oxygen atoms in total. The van der Waals surface area contributed by atoms with Crippen LogP contribution in [0.4, 0.5) is 0 Å². The highest BCUT2D eigenvalue weighted by molar-refractivity contribution is 6.32. The largest absolute Gasteiger partial charge is 0.508 e. The molecule has 15 heavy (non-hydrogen) atoms. The molecule has 0 aliphatic carbocycles. The van der Waals surface area contributed by atoms with E-state index < -0.39 is 12.1 Å². The Hall–Kier alpha value is -0.970. The topological polar surface area (TPSA) is 75.7 Å². The van der Waals surface area contributed by atoms with Gasteiger partial charge >= 0.3 is 0 Å². The first-order valence-electron chi connectivity index (χ1n) is 4.47. The molecule has 1 rings (SSSR count). The van der Waals surface area contributed by atoms with Crippen LogP contribution in [0, 0.1) is 0 Å². The van der Waals surface area contributed by atoms with Crippen LogP contribution in [-0.4, -0.2) is 23.4 Å². The molecule has 0 aromatic heterocycles. The second-order valence-electron chi connectivity index (χ2n) is 3.35. The zero-order chi connectivity index (χ0) is 11.6. The number of ether oxygens (including phenoxy) is 1. The van der Waals surface area contributed by atoms with Crippen molar-refractivity contribution in [3.05, 3.63) is 22.7 Å². The third-order valence-electron chi connectivity index (χ3n) is 2.12. The Morgan fingerprint density at radius 2 is 2.07 bits per heavy atom. The molecule has 5 heteroatoms. The first-order chi connectivity index (χ1) is 6.97. The van der Waals surface area contributed by atoms with Gasteiger partial charge in [0.1, 0.15) is 11.5 Å². The molecule has 0 bridgehead atoms. The monoisotopic (exact) mass is 231 g/mol. The maximum atomic E-state index is 9.71. The van der Waals surface area contributed by atoms with Crippen molar-refractivity contribution < 1.29 is 14.9 Å². The van der Waals surface area contributed by atoms with Gasteiger partial charge in [-0.1, -0.05) is 11.6 Å². The summed E-state index contributed by atoms with van der Waals surface area (Å²) in [7, 11) is 1.46. The van der Waals surface area contributed by atoms with Crippen LogP contribution < -0.4 is 10.5 Å². The van der Waals surface area contributed by atoms with E-state index in [1.807, 2.05) is 0 Å². The zero-order valence-corrected chi connectivity index (χ0v) is 9.32. The number of phenolic OH excluding ortho intramolecular Hbond substituents is 1. The zero-order valence-electron chi connectivity index (χ0n) is 8.57. The molecule has 2 unspecified atom stereocenters. The Morgan fingerprint density at radius 3 is 2.53 bits per heavy atom. The van der Waals surface area contributed by atoms with Gasteiger partial charge in [0, 0.05) is 17.7 Å². The van der Waals surface area contributed by atoms with Crippen molar-refractivity contribution in [3.8, 4) is 11.5 Å². The van der Waals surface area contributed by atoms with Gasteiger partial charge in [0.05, 0.1) is 18.2 Å². The molecule has 4 N–H and O–H groups in total. The van der Waals surface area contributed by atoms with E-state index in [-0.39, 0.29) is 10.8 Å². The molecule has 0 spiro atoms. The number of nitrogens with two attached hydrogens (primary N) is 1. The van der Waals surface area contributed by atoms with Gasteiger partial charge < -0.3 is 20.7 Å². The molecule has 1 aromatic rings. The highest BCUT2D eigenvalue weighted by Gasteiger charge is 2.18. The predicted molar refractivity (Wildman–Crippen MR) is 58.3 cm³/mol. The normalized spacial score (nSPS) is 14.7. The third kappa shape index (κ3) is 2.53. The maximum absolute atomic E-state index is 9.71. The first-order valence-corrected chi connectivity index (χ1v) is 4.85. The number of phenols is 1. The van der Waals surface area contributed by atoms with Crippen molar-refractivity contribution in [1.29, 1.82) is 0 Å². The van der Waals surface area contributed by atoms with Crippen LogP contribution in [0.2, 0.25) is 5.02 Å². The molecule has 2 atom stereocenters. The highest BCUT2D eigenvalue weighted by atomic mass is 35.5. The molecule has 0 saturated carbocycles. The van der Waals surface area contributed by atoms with Gasteiger partial charge in [-0.05, 0) is 13.0 Å². The molecule has 0 radical (unpaired) electrons. The standard InChI is InChI=1S/C10H14ClNO3/c1-5(12)10(14)6-3-9(15-2)7(11)4-8(6)13/h3-5,10,13-14H,12H2,1-2H3. The number of hydrogen-bond donors (Lipinski definition) is 3. The summed E-state index contributed by atoms with van der Waals surface area (Å²) in [6, 6.07) is 2.31. The Kier molecular flexibility index (Phi) is 3.79. The van der Waals surface area contributed by atoms with Crippen LogP contribution in [0.1, 0.15) is 18.6 Å². The van der Waals surface area contributed by atoms with Gasteiger partial charge in [0.2, 0.25) is 0 Å². The SMILES string of the molecule is COc1cc(C(O)C(C)N)c(O)cc1Cl. The first kappa shape index (κ1) is 12.1. The van der Waals surface area contributed by atoms with Crippen LogP contribution >= 0.6 is 11.6 Å². The third-order valence-corrected chi connectivity index (χ3v) is 2.41. The molecule has 0 aliphatic heterocycles. The number of halogens is 1. The molecule has 0 amide bonds. The second kappa shape index (κ2) is 4.70. The van der Waals surface area contributed by atoms with E-state index in [2.05, 4.69) is 0 Å². The lowest BCUT2D eigenvalue weighted by Gasteiger charge is -2.17. The Balaban J connectivity index is 3.18. The molecular weight excluding hydrogens is 218 g/mol. The molecule has 1 aromatic carbocycles. The molecule has 0 heterocycles. The van der Waals surface area contributed by atoms with E-state index in [0.717, 1.165) is 0 Å². The van der Waals surface area contributed by atoms with Crippen LogP contribution in [0.5, 0.6) is 11.5 Å².